The maximum absolute atomic E-state index is 12.8. The fourth-order valence-corrected chi connectivity index (χ4v) is 2.38. The number of nitriles is 1. The van der Waals surface area contributed by atoms with E-state index in [1.807, 2.05) is 6.26 Å². The zero-order valence-electron chi connectivity index (χ0n) is 11.0. The molecule has 20 heavy (non-hydrogen) atoms. The third kappa shape index (κ3) is 4.05. The molecule has 0 aliphatic heterocycles. The molecule has 2 unspecified atom stereocenters. The summed E-state index contributed by atoms with van der Waals surface area (Å²) in [7, 11) is 0. The molecule has 2 atom stereocenters. The number of aliphatic hydroxyl groups is 1. The second kappa shape index (κ2) is 6.86. The predicted octanol–water partition coefficient (Wildman–Crippen LogP) is 3.10. The second-order valence-corrected chi connectivity index (χ2v) is 5.34. The molecule has 0 aromatic heterocycles. The number of aliphatic hydroxyl groups excluding tert-OH is 1. The van der Waals surface area contributed by atoms with Crippen LogP contribution in [-0.4, -0.2) is 29.3 Å². The molecule has 1 aromatic rings. The van der Waals surface area contributed by atoms with E-state index < -0.39 is 17.3 Å². The van der Waals surface area contributed by atoms with E-state index in [9.17, 15) is 13.2 Å². The van der Waals surface area contributed by atoms with Gasteiger partial charge >= 0.3 is 6.18 Å². The molecule has 110 valence electrons. The van der Waals surface area contributed by atoms with Crippen molar-refractivity contribution < 1.29 is 18.3 Å². The van der Waals surface area contributed by atoms with Crippen LogP contribution < -0.4 is 5.32 Å². The first-order valence-corrected chi connectivity index (χ1v) is 7.13. The van der Waals surface area contributed by atoms with Crippen LogP contribution in [-0.2, 0) is 6.18 Å². The zero-order chi connectivity index (χ0) is 15.3. The minimum absolute atomic E-state index is 0.0717. The third-order valence-corrected chi connectivity index (χ3v) is 4.04. The van der Waals surface area contributed by atoms with Gasteiger partial charge in [-0.25, -0.2) is 0 Å². The molecule has 0 fully saturated rings. The number of hydrogen-bond acceptors (Lipinski definition) is 4. The van der Waals surface area contributed by atoms with Crippen molar-refractivity contribution >= 4 is 17.4 Å². The van der Waals surface area contributed by atoms with E-state index in [-0.39, 0.29) is 23.6 Å². The number of benzene rings is 1. The van der Waals surface area contributed by atoms with Gasteiger partial charge in [-0.15, -0.1) is 0 Å². The quantitative estimate of drug-likeness (QED) is 0.877. The van der Waals surface area contributed by atoms with Crippen LogP contribution >= 0.6 is 11.8 Å². The van der Waals surface area contributed by atoms with Crippen LogP contribution in [0.1, 0.15) is 18.1 Å². The van der Waals surface area contributed by atoms with Crippen molar-refractivity contribution in [1.29, 1.82) is 5.26 Å². The highest BCUT2D eigenvalue weighted by Gasteiger charge is 2.34. The molecule has 2 N–H and O–H groups in total. The number of alkyl halides is 3. The van der Waals surface area contributed by atoms with E-state index in [0.29, 0.717) is 0 Å². The first kappa shape index (κ1) is 16.7. The Morgan fingerprint density at radius 1 is 1.45 bits per heavy atom. The van der Waals surface area contributed by atoms with Crippen LogP contribution in [0.25, 0.3) is 0 Å². The number of halogens is 3. The standard InChI is InChI=1S/C13H15F3N2OS/c1-8(12(7-19)20-2)18-10-4-3-9(6-17)11(5-10)13(14,15)16/h3-5,8,12,18-19H,7H2,1-2H3. The van der Waals surface area contributed by atoms with E-state index in [4.69, 9.17) is 10.4 Å². The highest BCUT2D eigenvalue weighted by Crippen LogP contribution is 2.33. The van der Waals surface area contributed by atoms with Gasteiger partial charge in [0.25, 0.3) is 0 Å². The monoisotopic (exact) mass is 304 g/mol. The van der Waals surface area contributed by atoms with E-state index in [2.05, 4.69) is 5.32 Å². The Balaban J connectivity index is 3.02. The minimum Gasteiger partial charge on any atom is -0.395 e. The van der Waals surface area contributed by atoms with E-state index in [1.54, 1.807) is 6.92 Å². The molecule has 0 saturated carbocycles. The smallest absolute Gasteiger partial charge is 0.395 e. The molecule has 0 heterocycles. The lowest BCUT2D eigenvalue weighted by molar-refractivity contribution is -0.137. The lowest BCUT2D eigenvalue weighted by Crippen LogP contribution is -2.31. The number of rotatable bonds is 5. The second-order valence-electron chi connectivity index (χ2n) is 4.26. The van der Waals surface area contributed by atoms with Crippen LogP contribution in [0.5, 0.6) is 0 Å². The molecular formula is C13H15F3N2OS. The Kier molecular flexibility index (Phi) is 5.72. The van der Waals surface area contributed by atoms with Crippen LogP contribution in [0.4, 0.5) is 18.9 Å². The lowest BCUT2D eigenvalue weighted by atomic mass is 10.1. The summed E-state index contributed by atoms with van der Waals surface area (Å²) in [6.07, 6.45) is -2.75. The molecule has 0 spiro atoms. The average Bonchev–Trinajstić information content (AvgIpc) is 2.39. The van der Waals surface area contributed by atoms with Gasteiger partial charge < -0.3 is 10.4 Å². The number of hydrogen-bond donors (Lipinski definition) is 2. The Labute approximate surface area is 119 Å². The molecule has 0 saturated heterocycles. The Morgan fingerprint density at radius 3 is 2.55 bits per heavy atom. The summed E-state index contributed by atoms with van der Waals surface area (Å²) in [4.78, 5) is 0. The molecule has 7 heteroatoms. The van der Waals surface area contributed by atoms with Crippen molar-refractivity contribution in [3.8, 4) is 6.07 Å². The lowest BCUT2D eigenvalue weighted by Gasteiger charge is -2.23. The van der Waals surface area contributed by atoms with Crippen molar-refractivity contribution in [2.24, 2.45) is 0 Å². The fraction of sp³-hybridized carbons (Fsp3) is 0.462. The predicted molar refractivity (Wildman–Crippen MR) is 73.6 cm³/mol. The maximum atomic E-state index is 12.8. The molecular weight excluding hydrogens is 289 g/mol. The van der Waals surface area contributed by atoms with Gasteiger partial charge in [0.05, 0.1) is 23.8 Å². The maximum Gasteiger partial charge on any atom is 0.417 e. The summed E-state index contributed by atoms with van der Waals surface area (Å²) < 4.78 is 38.5. The van der Waals surface area contributed by atoms with Crippen LogP contribution in [0, 0.1) is 11.3 Å². The van der Waals surface area contributed by atoms with Gasteiger partial charge in [0.2, 0.25) is 0 Å². The van der Waals surface area contributed by atoms with Gasteiger partial charge in [-0.2, -0.15) is 30.2 Å². The highest BCUT2D eigenvalue weighted by atomic mass is 32.2. The molecule has 0 aliphatic carbocycles. The van der Waals surface area contributed by atoms with Gasteiger partial charge in [0, 0.05) is 17.0 Å². The molecule has 0 bridgehead atoms. The van der Waals surface area contributed by atoms with Crippen LogP contribution in [0.3, 0.4) is 0 Å². The third-order valence-electron chi connectivity index (χ3n) is 2.88. The molecule has 0 aliphatic rings. The number of thioether (sulfide) groups is 1. The normalized spacial score (nSPS) is 14.4. The van der Waals surface area contributed by atoms with Crippen molar-refractivity contribution in [1.82, 2.24) is 0 Å². The first-order valence-electron chi connectivity index (χ1n) is 5.85. The van der Waals surface area contributed by atoms with Gasteiger partial charge in [-0.05, 0) is 31.4 Å². The van der Waals surface area contributed by atoms with Crippen molar-refractivity contribution in [3.63, 3.8) is 0 Å². The summed E-state index contributed by atoms with van der Waals surface area (Å²) >= 11 is 1.43. The van der Waals surface area contributed by atoms with Gasteiger partial charge in [0.15, 0.2) is 0 Å². The van der Waals surface area contributed by atoms with Crippen LogP contribution in [0.15, 0.2) is 18.2 Å². The van der Waals surface area contributed by atoms with Crippen molar-refractivity contribution in [3.05, 3.63) is 29.3 Å². The fourth-order valence-electron chi connectivity index (χ4n) is 1.76. The van der Waals surface area contributed by atoms with Crippen molar-refractivity contribution in [2.75, 3.05) is 18.2 Å². The minimum atomic E-state index is -4.57. The first-order chi connectivity index (χ1) is 9.33. The average molecular weight is 304 g/mol. The highest BCUT2D eigenvalue weighted by molar-refractivity contribution is 7.99. The van der Waals surface area contributed by atoms with E-state index in [1.165, 1.54) is 23.9 Å². The summed E-state index contributed by atoms with van der Waals surface area (Å²) in [6.45, 7) is 1.71. The Morgan fingerprint density at radius 2 is 2.10 bits per heavy atom. The van der Waals surface area contributed by atoms with Gasteiger partial charge in [-0.3, -0.25) is 0 Å². The van der Waals surface area contributed by atoms with E-state index in [0.717, 1.165) is 12.1 Å². The number of nitrogens with zero attached hydrogens (tertiary/aromatic N) is 1. The van der Waals surface area contributed by atoms with Crippen LogP contribution in [0.2, 0.25) is 0 Å². The molecule has 3 nitrogen and oxygen atoms in total. The summed E-state index contributed by atoms with van der Waals surface area (Å²) in [5, 5.41) is 20.7. The Bertz CT molecular complexity index is 495. The number of anilines is 1. The largest absolute Gasteiger partial charge is 0.417 e. The SMILES string of the molecule is CSC(CO)C(C)Nc1ccc(C#N)c(C(F)(F)F)c1. The zero-order valence-corrected chi connectivity index (χ0v) is 11.8. The summed E-state index contributed by atoms with van der Waals surface area (Å²) in [5.41, 5.74) is -1.09. The summed E-state index contributed by atoms with van der Waals surface area (Å²) in [6, 6.07) is 4.83. The van der Waals surface area contributed by atoms with Gasteiger partial charge in [-0.1, -0.05) is 0 Å². The molecule has 1 rings (SSSR count). The Hall–Kier alpha value is -1.39. The number of nitrogens with one attached hydrogen (secondary N) is 1. The summed E-state index contributed by atoms with van der Waals surface area (Å²) in [5.74, 6) is 0. The van der Waals surface area contributed by atoms with E-state index >= 15 is 0 Å². The topological polar surface area (TPSA) is 56.0 Å². The molecule has 1 aromatic carbocycles. The molecule has 0 radical (unpaired) electrons. The van der Waals surface area contributed by atoms with Gasteiger partial charge in [0.1, 0.15) is 0 Å². The molecule has 0 amide bonds. The van der Waals surface area contributed by atoms with Crippen molar-refractivity contribution in [2.45, 2.75) is 24.4 Å².